The Hall–Kier alpha value is 1.06. The zero-order valence-electron chi connectivity index (χ0n) is 8.79. The summed E-state index contributed by atoms with van der Waals surface area (Å²) in [6, 6.07) is 12.2. The zero-order valence-corrected chi connectivity index (χ0v) is 16.8. The van der Waals surface area contributed by atoms with Crippen molar-refractivity contribution >= 4 is 85.3 Å². The molecular formula is C12H6Br4S2. The van der Waals surface area contributed by atoms with Crippen molar-refractivity contribution in [3.8, 4) is 0 Å². The Bertz CT molecular complexity index is 480. The summed E-state index contributed by atoms with van der Waals surface area (Å²) in [5, 5.41) is 0. The first-order valence-corrected chi connectivity index (χ1v) is 10.1. The molecule has 0 atom stereocenters. The predicted molar refractivity (Wildman–Crippen MR) is 95.4 cm³/mol. The summed E-state index contributed by atoms with van der Waals surface area (Å²) in [5.74, 6) is 0. The van der Waals surface area contributed by atoms with E-state index < -0.39 is 0 Å². The maximum absolute atomic E-state index is 3.57. The lowest BCUT2D eigenvalue weighted by molar-refractivity contribution is 1.36. The summed E-state index contributed by atoms with van der Waals surface area (Å²) in [6.45, 7) is 0. The Kier molecular flexibility index (Phi) is 6.16. The highest BCUT2D eigenvalue weighted by Gasteiger charge is 2.10. The fourth-order valence-electron chi connectivity index (χ4n) is 1.21. The lowest BCUT2D eigenvalue weighted by Crippen LogP contribution is -1.77. The molecule has 2 aromatic rings. The Balaban J connectivity index is 2.22. The molecule has 0 saturated heterocycles. The van der Waals surface area contributed by atoms with Crippen LogP contribution in [-0.4, -0.2) is 0 Å². The number of rotatable bonds is 3. The Labute approximate surface area is 148 Å². The topological polar surface area (TPSA) is 0 Å². The molecule has 0 nitrogen and oxygen atoms in total. The average Bonchev–Trinajstić information content (AvgIpc) is 2.31. The molecule has 0 aliphatic heterocycles. The molecule has 94 valence electrons. The summed E-state index contributed by atoms with van der Waals surface area (Å²) in [6.07, 6.45) is 0. The van der Waals surface area contributed by atoms with Crippen molar-refractivity contribution in [3.05, 3.63) is 54.3 Å². The second-order valence-electron chi connectivity index (χ2n) is 3.27. The van der Waals surface area contributed by atoms with Gasteiger partial charge in [0.1, 0.15) is 0 Å². The van der Waals surface area contributed by atoms with Crippen LogP contribution in [0, 0.1) is 0 Å². The fourth-order valence-corrected chi connectivity index (χ4v) is 7.80. The first-order chi connectivity index (χ1) is 8.59. The van der Waals surface area contributed by atoms with Gasteiger partial charge >= 0.3 is 0 Å². The molecular weight excluding hydrogens is 528 g/mol. The van der Waals surface area contributed by atoms with E-state index in [0.29, 0.717) is 0 Å². The van der Waals surface area contributed by atoms with Crippen molar-refractivity contribution in [2.24, 2.45) is 0 Å². The van der Waals surface area contributed by atoms with Gasteiger partial charge in [0.05, 0.1) is 0 Å². The molecule has 0 fully saturated rings. The Morgan fingerprint density at radius 1 is 0.556 bits per heavy atom. The van der Waals surface area contributed by atoms with E-state index in [0.717, 1.165) is 17.9 Å². The van der Waals surface area contributed by atoms with Crippen LogP contribution < -0.4 is 0 Å². The third-order valence-corrected chi connectivity index (χ3v) is 8.29. The lowest BCUT2D eigenvalue weighted by Gasteiger charge is -2.08. The molecule has 0 bridgehead atoms. The molecule has 0 spiro atoms. The van der Waals surface area contributed by atoms with Crippen molar-refractivity contribution in [3.63, 3.8) is 0 Å². The summed E-state index contributed by atoms with van der Waals surface area (Å²) in [7, 11) is 3.44. The quantitative estimate of drug-likeness (QED) is 0.374. The van der Waals surface area contributed by atoms with Gasteiger partial charge in [0, 0.05) is 27.7 Å². The largest absolute Gasteiger partial charge is 0.0599 e. The van der Waals surface area contributed by atoms with Gasteiger partial charge in [-0.05, 0) is 88.0 Å². The van der Waals surface area contributed by atoms with Gasteiger partial charge in [0.25, 0.3) is 0 Å². The highest BCUT2D eigenvalue weighted by atomic mass is 79.9. The van der Waals surface area contributed by atoms with Crippen LogP contribution in [0.4, 0.5) is 0 Å². The van der Waals surface area contributed by atoms with Gasteiger partial charge in [-0.2, -0.15) is 0 Å². The van der Waals surface area contributed by atoms with Gasteiger partial charge in [-0.25, -0.2) is 0 Å². The number of benzene rings is 2. The van der Waals surface area contributed by atoms with Crippen molar-refractivity contribution in [2.45, 2.75) is 9.79 Å². The van der Waals surface area contributed by atoms with Crippen LogP contribution in [0.1, 0.15) is 0 Å². The van der Waals surface area contributed by atoms with Crippen LogP contribution in [0.3, 0.4) is 0 Å². The summed E-state index contributed by atoms with van der Waals surface area (Å²) in [4.78, 5) is 2.37. The average molecular weight is 534 g/mol. The molecule has 2 aromatic carbocycles. The molecule has 0 aliphatic rings. The van der Waals surface area contributed by atoms with Crippen LogP contribution in [0.15, 0.2) is 64.1 Å². The van der Waals surface area contributed by atoms with Gasteiger partial charge in [-0.3, -0.25) is 0 Å². The van der Waals surface area contributed by atoms with Crippen molar-refractivity contribution in [1.29, 1.82) is 0 Å². The molecule has 18 heavy (non-hydrogen) atoms. The van der Waals surface area contributed by atoms with Gasteiger partial charge in [-0.15, -0.1) is 0 Å². The molecule has 0 unspecified atom stereocenters. The number of hydrogen-bond donors (Lipinski definition) is 0. The van der Waals surface area contributed by atoms with Crippen LogP contribution in [0.2, 0.25) is 0 Å². The van der Waals surface area contributed by atoms with Crippen LogP contribution >= 0.6 is 85.3 Å². The molecule has 0 aromatic heterocycles. The maximum atomic E-state index is 3.57. The second-order valence-corrected chi connectivity index (χ2v) is 8.84. The van der Waals surface area contributed by atoms with Crippen molar-refractivity contribution in [1.82, 2.24) is 0 Å². The highest BCUT2D eigenvalue weighted by molar-refractivity contribution is 9.11. The summed E-state index contributed by atoms with van der Waals surface area (Å²) in [5.41, 5.74) is 0. The van der Waals surface area contributed by atoms with Gasteiger partial charge < -0.3 is 0 Å². The molecule has 0 N–H and O–H groups in total. The van der Waals surface area contributed by atoms with Gasteiger partial charge in [-0.1, -0.05) is 33.7 Å². The highest BCUT2D eigenvalue weighted by Crippen LogP contribution is 2.48. The minimum Gasteiger partial charge on any atom is -0.0599 e. The SMILES string of the molecule is Brc1cccc(Br)c1SSc1c(Br)cccc1Br. The number of hydrogen-bond acceptors (Lipinski definition) is 2. The van der Waals surface area contributed by atoms with E-state index in [1.807, 2.05) is 36.4 Å². The predicted octanol–water partition coefficient (Wildman–Crippen LogP) is 7.54. The van der Waals surface area contributed by atoms with E-state index in [1.165, 1.54) is 9.79 Å². The monoisotopic (exact) mass is 530 g/mol. The Morgan fingerprint density at radius 2 is 0.833 bits per heavy atom. The molecule has 2 rings (SSSR count). The van der Waals surface area contributed by atoms with E-state index in [-0.39, 0.29) is 0 Å². The molecule has 0 heterocycles. The molecule has 0 radical (unpaired) electrons. The Morgan fingerprint density at radius 3 is 1.11 bits per heavy atom. The van der Waals surface area contributed by atoms with E-state index in [4.69, 9.17) is 0 Å². The fraction of sp³-hybridized carbons (Fsp3) is 0. The minimum atomic E-state index is 1.09. The van der Waals surface area contributed by atoms with Gasteiger partial charge in [0.2, 0.25) is 0 Å². The van der Waals surface area contributed by atoms with E-state index in [9.17, 15) is 0 Å². The lowest BCUT2D eigenvalue weighted by atomic mass is 10.4. The maximum Gasteiger partial charge on any atom is 0.0470 e. The molecule has 6 heteroatoms. The van der Waals surface area contributed by atoms with Crippen LogP contribution in [0.25, 0.3) is 0 Å². The molecule has 0 aliphatic carbocycles. The smallest absolute Gasteiger partial charge is 0.0470 e. The van der Waals surface area contributed by atoms with Crippen molar-refractivity contribution in [2.75, 3.05) is 0 Å². The van der Waals surface area contributed by atoms with E-state index in [1.54, 1.807) is 21.6 Å². The van der Waals surface area contributed by atoms with Crippen molar-refractivity contribution < 1.29 is 0 Å². The standard InChI is InChI=1S/C12H6Br4S2/c13-7-3-1-4-8(14)11(7)17-18-12-9(15)5-2-6-10(12)16/h1-6H. The second kappa shape index (κ2) is 7.18. The summed E-state index contributed by atoms with van der Waals surface area (Å²) < 4.78 is 4.38. The van der Waals surface area contributed by atoms with E-state index in [2.05, 4.69) is 63.7 Å². The number of halogens is 4. The third-order valence-electron chi connectivity index (χ3n) is 2.05. The van der Waals surface area contributed by atoms with Crippen LogP contribution in [0.5, 0.6) is 0 Å². The summed E-state index contributed by atoms with van der Waals surface area (Å²) >= 11 is 14.3. The molecule has 0 amide bonds. The van der Waals surface area contributed by atoms with Crippen LogP contribution in [-0.2, 0) is 0 Å². The third kappa shape index (κ3) is 3.79. The minimum absolute atomic E-state index is 1.09. The zero-order chi connectivity index (χ0) is 13.1. The normalized spacial score (nSPS) is 10.7. The first-order valence-electron chi connectivity index (χ1n) is 4.82. The van der Waals surface area contributed by atoms with Gasteiger partial charge in [0.15, 0.2) is 0 Å². The molecule has 0 saturated carbocycles. The van der Waals surface area contributed by atoms with E-state index >= 15 is 0 Å². The first kappa shape index (κ1) is 15.4.